The number of amides is 1. The van der Waals surface area contributed by atoms with Crippen LogP contribution in [-0.4, -0.2) is 18.0 Å². The predicted octanol–water partition coefficient (Wildman–Crippen LogP) is 3.08. The van der Waals surface area contributed by atoms with Gasteiger partial charge >= 0.3 is 0 Å². The first-order valence-electron chi connectivity index (χ1n) is 6.47. The Hall–Kier alpha value is -0.580. The van der Waals surface area contributed by atoms with E-state index in [1.165, 1.54) is 0 Å². The second kappa shape index (κ2) is 7.27. The van der Waals surface area contributed by atoms with Gasteiger partial charge in [-0.05, 0) is 38.1 Å². The summed E-state index contributed by atoms with van der Waals surface area (Å²) in [5.41, 5.74) is 5.41. The number of hydrogen-bond donors (Lipinski definition) is 2. The zero-order chi connectivity index (χ0) is 13.8. The molecule has 1 rings (SSSR count). The second-order valence-electron chi connectivity index (χ2n) is 5.35. The summed E-state index contributed by atoms with van der Waals surface area (Å²) in [5.74, 6) is 0.0432. The average Bonchev–Trinajstić information content (AvgIpc) is 2.89. The number of carbonyl (C=O) groups excluding carboxylic acids is 1. The van der Waals surface area contributed by atoms with Crippen molar-refractivity contribution in [3.63, 3.8) is 0 Å². The molecule has 0 aliphatic heterocycles. The van der Waals surface area contributed by atoms with Crippen molar-refractivity contribution in [2.24, 2.45) is 5.73 Å². The van der Waals surface area contributed by atoms with Crippen molar-refractivity contribution >= 4 is 29.7 Å². The number of rotatable bonds is 6. The number of nitrogens with two attached hydrogens (primary N) is 1. The molecule has 0 bridgehead atoms. The Balaban J connectivity index is 0.00000324. The maximum Gasteiger partial charge on any atom is 0.230 e. The molecular formula is C14H25ClN2OS. The van der Waals surface area contributed by atoms with Crippen molar-refractivity contribution in [3.05, 3.63) is 22.4 Å². The molecule has 0 aliphatic rings. The normalized spacial score (nSPS) is 11.8. The molecule has 0 atom stereocenters. The first kappa shape index (κ1) is 18.4. The maximum atomic E-state index is 12.3. The standard InChI is InChI=1S/C14H24N2OS.ClH/c1-5-14(15,6-2)10-16-12(17)13(3,4)11-8-7-9-18-11;/h7-9H,5-6,10,15H2,1-4H3,(H,16,17);1H. The Kier molecular flexibility index (Phi) is 7.05. The largest absolute Gasteiger partial charge is 0.353 e. The number of nitrogens with one attached hydrogen (secondary N) is 1. The van der Waals surface area contributed by atoms with Crippen LogP contribution in [0.15, 0.2) is 17.5 Å². The highest BCUT2D eigenvalue weighted by atomic mass is 35.5. The number of thiophene rings is 1. The minimum Gasteiger partial charge on any atom is -0.353 e. The molecule has 0 unspecified atom stereocenters. The van der Waals surface area contributed by atoms with Crippen LogP contribution in [0.1, 0.15) is 45.4 Å². The molecule has 110 valence electrons. The van der Waals surface area contributed by atoms with Crippen LogP contribution in [0.5, 0.6) is 0 Å². The van der Waals surface area contributed by atoms with Gasteiger partial charge in [0.2, 0.25) is 5.91 Å². The predicted molar refractivity (Wildman–Crippen MR) is 85.1 cm³/mol. The van der Waals surface area contributed by atoms with Gasteiger partial charge in [-0.1, -0.05) is 19.9 Å². The Morgan fingerprint density at radius 3 is 2.37 bits per heavy atom. The van der Waals surface area contributed by atoms with Crippen molar-refractivity contribution in [2.45, 2.75) is 51.5 Å². The summed E-state index contributed by atoms with van der Waals surface area (Å²) < 4.78 is 0. The molecule has 1 aromatic heterocycles. The molecule has 0 spiro atoms. The third-order valence-corrected chi connectivity index (χ3v) is 4.91. The van der Waals surface area contributed by atoms with E-state index in [2.05, 4.69) is 19.2 Å². The lowest BCUT2D eigenvalue weighted by Crippen LogP contribution is -2.52. The molecule has 1 amide bonds. The fraction of sp³-hybridized carbons (Fsp3) is 0.643. The van der Waals surface area contributed by atoms with Crippen molar-refractivity contribution in [2.75, 3.05) is 6.54 Å². The highest BCUT2D eigenvalue weighted by Crippen LogP contribution is 2.27. The van der Waals surface area contributed by atoms with Gasteiger partial charge in [0.25, 0.3) is 0 Å². The second-order valence-corrected chi connectivity index (χ2v) is 6.30. The Morgan fingerprint density at radius 1 is 1.37 bits per heavy atom. The quantitative estimate of drug-likeness (QED) is 0.848. The van der Waals surface area contributed by atoms with Crippen molar-refractivity contribution < 1.29 is 4.79 Å². The van der Waals surface area contributed by atoms with Crippen molar-refractivity contribution in [1.82, 2.24) is 5.32 Å². The summed E-state index contributed by atoms with van der Waals surface area (Å²) >= 11 is 1.61. The molecule has 3 N–H and O–H groups in total. The van der Waals surface area contributed by atoms with Gasteiger partial charge in [0.15, 0.2) is 0 Å². The van der Waals surface area contributed by atoms with E-state index >= 15 is 0 Å². The molecule has 0 saturated heterocycles. The lowest BCUT2D eigenvalue weighted by atomic mass is 9.89. The van der Waals surface area contributed by atoms with E-state index in [-0.39, 0.29) is 23.9 Å². The Labute approximate surface area is 126 Å². The van der Waals surface area contributed by atoms with Gasteiger partial charge in [-0.15, -0.1) is 23.7 Å². The molecule has 0 radical (unpaired) electrons. The average molecular weight is 305 g/mol. The first-order valence-corrected chi connectivity index (χ1v) is 7.35. The molecule has 1 aromatic rings. The molecule has 5 heteroatoms. The van der Waals surface area contributed by atoms with E-state index in [4.69, 9.17) is 5.73 Å². The van der Waals surface area contributed by atoms with Crippen LogP contribution in [0.25, 0.3) is 0 Å². The van der Waals surface area contributed by atoms with E-state index in [1.54, 1.807) is 11.3 Å². The Morgan fingerprint density at radius 2 is 1.95 bits per heavy atom. The SMILES string of the molecule is CCC(N)(CC)CNC(=O)C(C)(C)c1cccs1.Cl. The molecule has 0 fully saturated rings. The van der Waals surface area contributed by atoms with Gasteiger partial charge in [0.05, 0.1) is 5.41 Å². The van der Waals surface area contributed by atoms with Gasteiger partial charge in [0.1, 0.15) is 0 Å². The first-order chi connectivity index (χ1) is 8.35. The summed E-state index contributed by atoms with van der Waals surface area (Å²) in [7, 11) is 0. The zero-order valence-electron chi connectivity index (χ0n) is 12.2. The molecule has 3 nitrogen and oxygen atoms in total. The van der Waals surface area contributed by atoms with Crippen LogP contribution >= 0.6 is 23.7 Å². The molecule has 0 aliphatic carbocycles. The lowest BCUT2D eigenvalue weighted by molar-refractivity contribution is -0.125. The van der Waals surface area contributed by atoms with E-state index in [1.807, 2.05) is 31.4 Å². The maximum absolute atomic E-state index is 12.3. The zero-order valence-corrected chi connectivity index (χ0v) is 13.8. The van der Waals surface area contributed by atoms with E-state index in [9.17, 15) is 4.79 Å². The van der Waals surface area contributed by atoms with Crippen LogP contribution in [0, 0.1) is 0 Å². The topological polar surface area (TPSA) is 55.1 Å². The van der Waals surface area contributed by atoms with Crippen LogP contribution in [0.4, 0.5) is 0 Å². The van der Waals surface area contributed by atoms with Gasteiger partial charge in [-0.2, -0.15) is 0 Å². The number of halogens is 1. The highest BCUT2D eigenvalue weighted by Gasteiger charge is 2.32. The fourth-order valence-electron chi connectivity index (χ4n) is 1.72. The monoisotopic (exact) mass is 304 g/mol. The van der Waals surface area contributed by atoms with Gasteiger partial charge in [-0.3, -0.25) is 4.79 Å². The minimum atomic E-state index is -0.490. The summed E-state index contributed by atoms with van der Waals surface area (Å²) in [6, 6.07) is 3.97. The summed E-state index contributed by atoms with van der Waals surface area (Å²) in [5, 5.41) is 4.99. The third-order valence-electron chi connectivity index (χ3n) is 3.71. The third kappa shape index (κ3) is 4.48. The van der Waals surface area contributed by atoms with E-state index in [0.29, 0.717) is 6.54 Å². The molecule has 19 heavy (non-hydrogen) atoms. The molecule has 0 saturated carbocycles. The van der Waals surface area contributed by atoms with Crippen LogP contribution in [0.2, 0.25) is 0 Å². The Bertz CT molecular complexity index is 386. The van der Waals surface area contributed by atoms with Crippen LogP contribution in [0.3, 0.4) is 0 Å². The molecule has 1 heterocycles. The minimum absolute atomic E-state index is 0. The number of hydrogen-bond acceptors (Lipinski definition) is 3. The summed E-state index contributed by atoms with van der Waals surface area (Å²) in [6.45, 7) is 8.54. The summed E-state index contributed by atoms with van der Waals surface area (Å²) in [4.78, 5) is 13.4. The molecule has 0 aromatic carbocycles. The lowest BCUT2D eigenvalue weighted by Gasteiger charge is -2.29. The highest BCUT2D eigenvalue weighted by molar-refractivity contribution is 7.10. The van der Waals surface area contributed by atoms with Gasteiger partial charge in [-0.25, -0.2) is 0 Å². The smallest absolute Gasteiger partial charge is 0.230 e. The van der Waals surface area contributed by atoms with Crippen molar-refractivity contribution in [1.29, 1.82) is 0 Å². The van der Waals surface area contributed by atoms with E-state index in [0.717, 1.165) is 17.7 Å². The summed E-state index contributed by atoms with van der Waals surface area (Å²) in [6.07, 6.45) is 1.73. The van der Waals surface area contributed by atoms with Crippen molar-refractivity contribution in [3.8, 4) is 0 Å². The van der Waals surface area contributed by atoms with Gasteiger partial charge in [0, 0.05) is 17.0 Å². The molecular weight excluding hydrogens is 280 g/mol. The number of carbonyl (C=O) groups is 1. The fourth-order valence-corrected chi connectivity index (χ4v) is 2.57. The van der Waals surface area contributed by atoms with Crippen LogP contribution in [-0.2, 0) is 10.2 Å². The van der Waals surface area contributed by atoms with Crippen LogP contribution < -0.4 is 11.1 Å². The van der Waals surface area contributed by atoms with Gasteiger partial charge < -0.3 is 11.1 Å². The van der Waals surface area contributed by atoms with E-state index < -0.39 is 5.41 Å².